The number of pyridine rings is 1. The number of halogens is 3. The van der Waals surface area contributed by atoms with Crippen molar-refractivity contribution in [1.82, 2.24) is 10.3 Å². The molecule has 0 radical (unpaired) electrons. The minimum absolute atomic E-state index is 0.0586. The third kappa shape index (κ3) is 3.69. The molecular formula is C15H15Cl2FN2. The van der Waals surface area contributed by atoms with Crippen molar-refractivity contribution in [2.45, 2.75) is 19.4 Å². The van der Waals surface area contributed by atoms with Crippen LogP contribution in [0.2, 0.25) is 10.0 Å². The monoisotopic (exact) mass is 312 g/mol. The van der Waals surface area contributed by atoms with Crippen LogP contribution in [0.15, 0.2) is 36.5 Å². The van der Waals surface area contributed by atoms with Crippen molar-refractivity contribution in [2.24, 2.45) is 0 Å². The van der Waals surface area contributed by atoms with Crippen molar-refractivity contribution in [1.29, 1.82) is 0 Å². The van der Waals surface area contributed by atoms with Crippen molar-refractivity contribution in [2.75, 3.05) is 6.54 Å². The molecule has 5 heteroatoms. The maximum Gasteiger partial charge on any atom is 0.124 e. The molecule has 0 aliphatic rings. The van der Waals surface area contributed by atoms with Crippen LogP contribution in [0.3, 0.4) is 0 Å². The number of nitrogens with zero attached hydrogens (tertiary/aromatic N) is 1. The molecule has 0 bridgehead atoms. The van der Waals surface area contributed by atoms with E-state index in [2.05, 4.69) is 10.3 Å². The van der Waals surface area contributed by atoms with Crippen molar-refractivity contribution in [3.63, 3.8) is 0 Å². The molecule has 20 heavy (non-hydrogen) atoms. The highest BCUT2D eigenvalue weighted by atomic mass is 35.5. The number of benzene rings is 1. The lowest BCUT2D eigenvalue weighted by Crippen LogP contribution is -2.24. The first-order valence-electron chi connectivity index (χ1n) is 6.39. The molecule has 1 aromatic heterocycles. The van der Waals surface area contributed by atoms with Gasteiger partial charge in [0.05, 0.1) is 16.8 Å². The molecule has 2 rings (SSSR count). The van der Waals surface area contributed by atoms with Crippen LogP contribution >= 0.6 is 23.2 Å². The largest absolute Gasteiger partial charge is 0.309 e. The van der Waals surface area contributed by atoms with Crippen LogP contribution in [0.1, 0.15) is 24.2 Å². The minimum Gasteiger partial charge on any atom is -0.309 e. The van der Waals surface area contributed by atoms with E-state index < -0.39 is 0 Å². The normalized spacial score (nSPS) is 12.4. The fraction of sp³-hybridized carbons (Fsp3) is 0.267. The van der Waals surface area contributed by atoms with Gasteiger partial charge in [0, 0.05) is 11.2 Å². The first-order chi connectivity index (χ1) is 9.61. The van der Waals surface area contributed by atoms with Gasteiger partial charge < -0.3 is 5.32 Å². The zero-order valence-corrected chi connectivity index (χ0v) is 12.5. The summed E-state index contributed by atoms with van der Waals surface area (Å²) in [6.07, 6.45) is 2.31. The summed E-state index contributed by atoms with van der Waals surface area (Å²) in [5.41, 5.74) is 1.64. The van der Waals surface area contributed by atoms with Gasteiger partial charge in [-0.2, -0.15) is 0 Å². The lowest BCUT2D eigenvalue weighted by atomic mass is 10.0. The molecule has 1 N–H and O–H groups in total. The van der Waals surface area contributed by atoms with Gasteiger partial charge in [-0.1, -0.05) is 36.2 Å². The number of nitrogens with one attached hydrogen (secondary N) is 1. The van der Waals surface area contributed by atoms with E-state index in [0.717, 1.165) is 17.8 Å². The highest BCUT2D eigenvalue weighted by Gasteiger charge is 2.17. The zero-order chi connectivity index (χ0) is 14.5. The average Bonchev–Trinajstić information content (AvgIpc) is 2.42. The van der Waals surface area contributed by atoms with Crippen LogP contribution in [-0.2, 0) is 6.42 Å². The zero-order valence-electron chi connectivity index (χ0n) is 11.0. The second kappa shape index (κ2) is 7.02. The van der Waals surface area contributed by atoms with Gasteiger partial charge in [-0.3, -0.25) is 4.98 Å². The Morgan fingerprint density at radius 1 is 1.25 bits per heavy atom. The summed E-state index contributed by atoms with van der Waals surface area (Å²) >= 11 is 12.3. The molecule has 1 heterocycles. The highest BCUT2D eigenvalue weighted by Crippen LogP contribution is 2.27. The van der Waals surface area contributed by atoms with Gasteiger partial charge in [-0.05, 0) is 42.8 Å². The predicted octanol–water partition coefficient (Wildman–Crippen LogP) is 4.42. The Hall–Kier alpha value is -1.16. The smallest absolute Gasteiger partial charge is 0.124 e. The van der Waals surface area contributed by atoms with Gasteiger partial charge in [-0.15, -0.1) is 0 Å². The molecule has 106 valence electrons. The summed E-state index contributed by atoms with van der Waals surface area (Å²) in [5, 5.41) is 4.36. The SMILES string of the molecule is CCNC(Cc1ccc(F)cc1Cl)c1ncccc1Cl. The Morgan fingerprint density at radius 2 is 2.05 bits per heavy atom. The maximum atomic E-state index is 13.1. The van der Waals surface area contributed by atoms with Crippen LogP contribution in [0.5, 0.6) is 0 Å². The van der Waals surface area contributed by atoms with E-state index in [9.17, 15) is 4.39 Å². The molecule has 1 aromatic carbocycles. The van der Waals surface area contributed by atoms with Crippen molar-refractivity contribution in [3.8, 4) is 0 Å². The van der Waals surface area contributed by atoms with Crippen LogP contribution in [0.25, 0.3) is 0 Å². The van der Waals surface area contributed by atoms with Gasteiger partial charge in [0.15, 0.2) is 0 Å². The molecule has 1 atom stereocenters. The molecule has 2 aromatic rings. The number of hydrogen-bond acceptors (Lipinski definition) is 2. The number of hydrogen-bond donors (Lipinski definition) is 1. The molecule has 1 unspecified atom stereocenters. The summed E-state index contributed by atoms with van der Waals surface area (Å²) in [4.78, 5) is 4.33. The maximum absolute atomic E-state index is 13.1. The lowest BCUT2D eigenvalue weighted by molar-refractivity contribution is 0.536. The van der Waals surface area contributed by atoms with Crippen LogP contribution in [0.4, 0.5) is 4.39 Å². The minimum atomic E-state index is -0.338. The van der Waals surface area contributed by atoms with Crippen molar-refractivity contribution in [3.05, 3.63) is 63.6 Å². The van der Waals surface area contributed by atoms with Crippen LogP contribution in [-0.4, -0.2) is 11.5 Å². The van der Waals surface area contributed by atoms with E-state index in [0.29, 0.717) is 16.5 Å². The van der Waals surface area contributed by atoms with E-state index in [1.54, 1.807) is 24.4 Å². The lowest BCUT2D eigenvalue weighted by Gasteiger charge is -2.19. The standard InChI is InChI=1S/C15H15Cl2FN2/c1-2-19-14(15-12(16)4-3-7-20-15)8-10-5-6-11(18)9-13(10)17/h3-7,9,14,19H,2,8H2,1H3. The summed E-state index contributed by atoms with van der Waals surface area (Å²) in [6, 6.07) is 7.96. The van der Waals surface area contributed by atoms with Crippen molar-refractivity contribution >= 4 is 23.2 Å². The Balaban J connectivity index is 2.28. The summed E-state index contributed by atoms with van der Waals surface area (Å²) in [5.74, 6) is -0.338. The van der Waals surface area contributed by atoms with Gasteiger partial charge in [0.1, 0.15) is 5.82 Å². The molecule has 0 saturated heterocycles. The second-order valence-electron chi connectivity index (χ2n) is 4.42. The predicted molar refractivity (Wildman–Crippen MR) is 80.8 cm³/mol. The molecule has 0 saturated carbocycles. The van der Waals surface area contributed by atoms with E-state index in [4.69, 9.17) is 23.2 Å². The fourth-order valence-corrected chi connectivity index (χ4v) is 2.57. The Kier molecular flexibility index (Phi) is 5.35. The number of likely N-dealkylation sites (N-methyl/N-ethyl adjacent to an activating group) is 1. The third-order valence-corrected chi connectivity index (χ3v) is 3.68. The van der Waals surface area contributed by atoms with Gasteiger partial charge in [0.25, 0.3) is 0 Å². The molecule has 0 amide bonds. The molecule has 0 aliphatic carbocycles. The van der Waals surface area contributed by atoms with Crippen LogP contribution in [0, 0.1) is 5.82 Å². The van der Waals surface area contributed by atoms with Crippen molar-refractivity contribution < 1.29 is 4.39 Å². The number of rotatable bonds is 5. The Labute approximate surface area is 127 Å². The quantitative estimate of drug-likeness (QED) is 0.884. The first kappa shape index (κ1) is 15.2. The molecular weight excluding hydrogens is 298 g/mol. The van der Waals surface area contributed by atoms with E-state index in [1.165, 1.54) is 12.1 Å². The van der Waals surface area contributed by atoms with Crippen LogP contribution < -0.4 is 5.32 Å². The summed E-state index contributed by atoms with van der Waals surface area (Å²) in [6.45, 7) is 2.78. The summed E-state index contributed by atoms with van der Waals surface area (Å²) < 4.78 is 13.1. The van der Waals surface area contributed by atoms with Gasteiger partial charge >= 0.3 is 0 Å². The van der Waals surface area contributed by atoms with Gasteiger partial charge in [-0.25, -0.2) is 4.39 Å². The molecule has 0 aliphatic heterocycles. The van der Waals surface area contributed by atoms with E-state index in [1.807, 2.05) is 6.92 Å². The highest BCUT2D eigenvalue weighted by molar-refractivity contribution is 6.31. The topological polar surface area (TPSA) is 24.9 Å². The van der Waals surface area contributed by atoms with Gasteiger partial charge in [0.2, 0.25) is 0 Å². The summed E-state index contributed by atoms with van der Waals surface area (Å²) in [7, 11) is 0. The molecule has 0 fully saturated rings. The fourth-order valence-electron chi connectivity index (χ4n) is 2.07. The van der Waals surface area contributed by atoms with E-state index >= 15 is 0 Å². The first-order valence-corrected chi connectivity index (χ1v) is 7.15. The number of aromatic nitrogens is 1. The Morgan fingerprint density at radius 3 is 2.70 bits per heavy atom. The van der Waals surface area contributed by atoms with E-state index in [-0.39, 0.29) is 11.9 Å². The second-order valence-corrected chi connectivity index (χ2v) is 5.23. The third-order valence-electron chi connectivity index (χ3n) is 3.01. The molecule has 2 nitrogen and oxygen atoms in total. The average molecular weight is 313 g/mol. The molecule has 0 spiro atoms. The Bertz CT molecular complexity index is 590.